The Morgan fingerprint density at radius 3 is 2.38 bits per heavy atom. The summed E-state index contributed by atoms with van der Waals surface area (Å²) < 4.78 is 3.95. The standard InChI is InChI=1S/C24H21N5O3/c1-16-5-8-20(13-17(16)2)28-23(26-11-3-4-12-26)21-14-27(15-22(21)25-28)24(30)18-6-9-19(10-7-18)29(31)32/h3-13H,14-15H2,1-2H3. The van der Waals surface area contributed by atoms with Gasteiger partial charge in [0.1, 0.15) is 5.82 Å². The van der Waals surface area contributed by atoms with Crippen LogP contribution in [-0.2, 0) is 13.1 Å². The van der Waals surface area contributed by atoms with Crippen molar-refractivity contribution in [1.82, 2.24) is 19.2 Å². The Balaban J connectivity index is 1.50. The second kappa shape index (κ2) is 7.49. The first kappa shape index (κ1) is 19.7. The Kier molecular flexibility index (Phi) is 4.62. The monoisotopic (exact) mass is 427 g/mol. The molecular weight excluding hydrogens is 406 g/mol. The molecule has 0 saturated carbocycles. The van der Waals surface area contributed by atoms with Crippen molar-refractivity contribution < 1.29 is 9.72 Å². The number of aromatic nitrogens is 3. The molecule has 0 aliphatic carbocycles. The van der Waals surface area contributed by atoms with Gasteiger partial charge in [0.2, 0.25) is 0 Å². The number of aryl methyl sites for hydroxylation is 2. The number of fused-ring (bicyclic) bond motifs is 1. The zero-order chi connectivity index (χ0) is 22.4. The van der Waals surface area contributed by atoms with Crippen molar-refractivity contribution in [3.8, 4) is 11.5 Å². The second-order valence-corrected chi connectivity index (χ2v) is 7.98. The van der Waals surface area contributed by atoms with Gasteiger partial charge < -0.3 is 9.47 Å². The van der Waals surface area contributed by atoms with Gasteiger partial charge >= 0.3 is 0 Å². The van der Waals surface area contributed by atoms with Crippen molar-refractivity contribution in [3.63, 3.8) is 0 Å². The maximum Gasteiger partial charge on any atom is 0.269 e. The van der Waals surface area contributed by atoms with Gasteiger partial charge in [-0.1, -0.05) is 6.07 Å². The molecule has 0 N–H and O–H groups in total. The van der Waals surface area contributed by atoms with Crippen LogP contribution in [0.5, 0.6) is 0 Å². The van der Waals surface area contributed by atoms with Crippen LogP contribution >= 0.6 is 0 Å². The third kappa shape index (κ3) is 3.26. The molecule has 0 bridgehead atoms. The molecular formula is C24H21N5O3. The minimum absolute atomic E-state index is 0.0362. The first-order valence-electron chi connectivity index (χ1n) is 10.3. The lowest BCUT2D eigenvalue weighted by Crippen LogP contribution is -2.26. The quantitative estimate of drug-likeness (QED) is 0.358. The van der Waals surface area contributed by atoms with E-state index < -0.39 is 4.92 Å². The molecule has 5 rings (SSSR count). The van der Waals surface area contributed by atoms with Crippen molar-refractivity contribution in [2.45, 2.75) is 26.9 Å². The Bertz CT molecular complexity index is 1340. The molecule has 1 amide bonds. The van der Waals surface area contributed by atoms with Gasteiger partial charge in [0.15, 0.2) is 0 Å². The first-order valence-corrected chi connectivity index (χ1v) is 10.3. The number of non-ortho nitro benzene ring substituents is 1. The molecule has 8 nitrogen and oxygen atoms in total. The zero-order valence-electron chi connectivity index (χ0n) is 17.7. The number of carbonyl (C=O) groups is 1. The highest BCUT2D eigenvalue weighted by Gasteiger charge is 2.32. The van der Waals surface area contributed by atoms with E-state index in [9.17, 15) is 14.9 Å². The summed E-state index contributed by atoms with van der Waals surface area (Å²) in [4.78, 5) is 25.2. The Hall–Kier alpha value is -4.20. The van der Waals surface area contributed by atoms with Crippen LogP contribution in [0, 0.1) is 24.0 Å². The van der Waals surface area contributed by atoms with Crippen molar-refractivity contribution in [2.24, 2.45) is 0 Å². The van der Waals surface area contributed by atoms with Gasteiger partial charge in [-0.05, 0) is 61.4 Å². The van der Waals surface area contributed by atoms with Crippen molar-refractivity contribution in [3.05, 3.63) is 105 Å². The molecule has 0 atom stereocenters. The summed E-state index contributed by atoms with van der Waals surface area (Å²) >= 11 is 0. The van der Waals surface area contributed by atoms with Crippen LogP contribution in [0.2, 0.25) is 0 Å². The molecule has 2 aromatic carbocycles. The fourth-order valence-electron chi connectivity index (χ4n) is 4.03. The number of nitro benzene ring substituents is 1. The third-order valence-electron chi connectivity index (χ3n) is 5.93. The van der Waals surface area contributed by atoms with Crippen LogP contribution < -0.4 is 0 Å². The smallest absolute Gasteiger partial charge is 0.269 e. The lowest BCUT2D eigenvalue weighted by Gasteiger charge is -2.18. The summed E-state index contributed by atoms with van der Waals surface area (Å²) in [5, 5.41) is 15.8. The SMILES string of the molecule is Cc1ccc(-n2nc3c(c2-n2cccc2)CN(C(=O)c2ccc([N+](=O)[O-])cc2)C3)cc1C. The Labute approximate surface area is 184 Å². The number of nitro groups is 1. The molecule has 32 heavy (non-hydrogen) atoms. The lowest BCUT2D eigenvalue weighted by atomic mass is 10.1. The summed E-state index contributed by atoms with van der Waals surface area (Å²) in [6.07, 6.45) is 3.94. The molecule has 4 aromatic rings. The predicted molar refractivity (Wildman–Crippen MR) is 119 cm³/mol. The summed E-state index contributed by atoms with van der Waals surface area (Å²) in [6, 6.07) is 15.9. The highest BCUT2D eigenvalue weighted by molar-refractivity contribution is 5.94. The van der Waals surface area contributed by atoms with Crippen molar-refractivity contribution >= 4 is 11.6 Å². The third-order valence-corrected chi connectivity index (χ3v) is 5.93. The molecule has 3 heterocycles. The Morgan fingerprint density at radius 1 is 1.00 bits per heavy atom. The molecule has 1 aliphatic rings. The summed E-state index contributed by atoms with van der Waals surface area (Å²) in [6.45, 7) is 4.97. The number of carbonyl (C=O) groups excluding carboxylic acids is 1. The topological polar surface area (TPSA) is 86.2 Å². The normalized spacial score (nSPS) is 12.8. The van der Waals surface area contributed by atoms with E-state index in [4.69, 9.17) is 5.10 Å². The van der Waals surface area contributed by atoms with Crippen LogP contribution in [0.4, 0.5) is 5.69 Å². The number of hydrogen-bond donors (Lipinski definition) is 0. The van der Waals surface area contributed by atoms with Gasteiger partial charge in [-0.25, -0.2) is 4.68 Å². The van der Waals surface area contributed by atoms with Gasteiger partial charge in [-0.2, -0.15) is 5.10 Å². The largest absolute Gasteiger partial charge is 0.328 e. The van der Waals surface area contributed by atoms with Crippen molar-refractivity contribution in [1.29, 1.82) is 0 Å². The number of hydrogen-bond acceptors (Lipinski definition) is 4. The lowest BCUT2D eigenvalue weighted by molar-refractivity contribution is -0.384. The maximum absolute atomic E-state index is 13.0. The molecule has 8 heteroatoms. The molecule has 0 saturated heterocycles. The first-order chi connectivity index (χ1) is 15.4. The highest BCUT2D eigenvalue weighted by atomic mass is 16.6. The summed E-state index contributed by atoms with van der Waals surface area (Å²) in [5.74, 6) is 0.737. The van der Waals surface area contributed by atoms with E-state index in [1.54, 1.807) is 4.90 Å². The second-order valence-electron chi connectivity index (χ2n) is 7.98. The van der Waals surface area contributed by atoms with Crippen LogP contribution in [0.1, 0.15) is 32.7 Å². The van der Waals surface area contributed by atoms with E-state index in [0.29, 0.717) is 18.7 Å². The van der Waals surface area contributed by atoms with E-state index in [2.05, 4.69) is 32.0 Å². The Morgan fingerprint density at radius 2 is 1.72 bits per heavy atom. The predicted octanol–water partition coefficient (Wildman–Crippen LogP) is 4.34. The minimum Gasteiger partial charge on any atom is -0.328 e. The van der Waals surface area contributed by atoms with E-state index in [1.165, 1.54) is 35.4 Å². The maximum atomic E-state index is 13.0. The molecule has 1 aliphatic heterocycles. The molecule has 160 valence electrons. The van der Waals surface area contributed by atoms with Gasteiger partial charge in [0.05, 0.1) is 29.4 Å². The number of rotatable bonds is 4. The van der Waals surface area contributed by atoms with E-state index in [0.717, 1.165) is 22.8 Å². The van der Waals surface area contributed by atoms with E-state index >= 15 is 0 Å². The van der Waals surface area contributed by atoms with Crippen LogP contribution in [-0.4, -0.2) is 30.1 Å². The fourth-order valence-corrected chi connectivity index (χ4v) is 4.03. The molecule has 2 aromatic heterocycles. The average molecular weight is 427 g/mol. The fraction of sp³-hybridized carbons (Fsp3) is 0.167. The van der Waals surface area contributed by atoms with Crippen LogP contribution in [0.3, 0.4) is 0 Å². The van der Waals surface area contributed by atoms with Crippen LogP contribution in [0.25, 0.3) is 11.5 Å². The number of amides is 1. The minimum atomic E-state index is -0.473. The van der Waals surface area contributed by atoms with Gasteiger partial charge in [0, 0.05) is 35.7 Å². The molecule has 0 unspecified atom stereocenters. The molecule has 0 fully saturated rings. The van der Waals surface area contributed by atoms with E-state index in [1.807, 2.05) is 33.8 Å². The summed E-state index contributed by atoms with van der Waals surface area (Å²) in [5.41, 5.74) is 5.61. The number of nitrogens with zero attached hydrogens (tertiary/aromatic N) is 5. The highest BCUT2D eigenvalue weighted by Crippen LogP contribution is 2.32. The van der Waals surface area contributed by atoms with Gasteiger partial charge in [-0.3, -0.25) is 14.9 Å². The van der Waals surface area contributed by atoms with E-state index in [-0.39, 0.29) is 11.6 Å². The average Bonchev–Trinajstić information content (AvgIpc) is 3.51. The zero-order valence-corrected chi connectivity index (χ0v) is 17.7. The van der Waals surface area contributed by atoms with Gasteiger partial charge in [-0.15, -0.1) is 0 Å². The number of benzene rings is 2. The molecule has 0 spiro atoms. The van der Waals surface area contributed by atoms with Gasteiger partial charge in [0.25, 0.3) is 11.6 Å². The van der Waals surface area contributed by atoms with Crippen LogP contribution in [0.15, 0.2) is 67.0 Å². The van der Waals surface area contributed by atoms with Crippen molar-refractivity contribution in [2.75, 3.05) is 0 Å². The summed E-state index contributed by atoms with van der Waals surface area (Å²) in [7, 11) is 0. The molecule has 0 radical (unpaired) electrons.